The summed E-state index contributed by atoms with van der Waals surface area (Å²) in [4.78, 5) is 4.25. The van der Waals surface area contributed by atoms with Crippen LogP contribution in [-0.4, -0.2) is 19.0 Å². The zero-order valence-corrected chi connectivity index (χ0v) is 10.1. The molecule has 19 heavy (non-hydrogen) atoms. The van der Waals surface area contributed by atoms with Crippen LogP contribution >= 0.6 is 0 Å². The molecule has 4 aromatic heterocycles. The average Bonchev–Trinajstić information content (AvgIpc) is 3.05. The van der Waals surface area contributed by atoms with Gasteiger partial charge in [0, 0.05) is 24.2 Å². The molecular weight excluding hydrogens is 238 g/mol. The monoisotopic (exact) mass is 248 g/mol. The summed E-state index contributed by atoms with van der Waals surface area (Å²) in [6.45, 7) is 0.907. The minimum absolute atomic E-state index is 0.907. The summed E-state index contributed by atoms with van der Waals surface area (Å²) in [6, 6.07) is 6.11. The van der Waals surface area contributed by atoms with Crippen molar-refractivity contribution in [3.05, 3.63) is 54.7 Å². The van der Waals surface area contributed by atoms with Gasteiger partial charge in [0.2, 0.25) is 0 Å². The average molecular weight is 248 g/mol. The maximum atomic E-state index is 4.41. The van der Waals surface area contributed by atoms with E-state index in [-0.39, 0.29) is 0 Å². The van der Waals surface area contributed by atoms with E-state index in [9.17, 15) is 0 Å². The van der Waals surface area contributed by atoms with Crippen LogP contribution in [0.3, 0.4) is 0 Å². The third-order valence-electron chi connectivity index (χ3n) is 3.77. The molecule has 5 nitrogen and oxygen atoms in total. The first-order valence-corrected chi connectivity index (χ1v) is 6.22. The van der Waals surface area contributed by atoms with Crippen molar-refractivity contribution in [3.63, 3.8) is 0 Å². The lowest BCUT2D eigenvalue weighted by Gasteiger charge is -1.91. The SMILES string of the molecule is c1cnn2c(c1)cn1c3[n+](cc12)Cc1ccncc1-3. The molecule has 0 fully saturated rings. The topological polar surface area (TPSA) is 38.5 Å². The molecule has 5 rings (SSSR count). The van der Waals surface area contributed by atoms with Gasteiger partial charge in [-0.15, -0.1) is 0 Å². The van der Waals surface area contributed by atoms with E-state index in [0.717, 1.165) is 17.7 Å². The van der Waals surface area contributed by atoms with Gasteiger partial charge in [-0.2, -0.15) is 14.0 Å². The predicted octanol–water partition coefficient (Wildman–Crippen LogP) is 1.30. The Kier molecular flexibility index (Phi) is 1.46. The molecule has 0 bridgehead atoms. The van der Waals surface area contributed by atoms with E-state index in [1.807, 2.05) is 29.2 Å². The smallest absolute Gasteiger partial charge is 0.264 e. The lowest BCUT2D eigenvalue weighted by atomic mass is 10.2. The van der Waals surface area contributed by atoms with Crippen LogP contribution in [0.2, 0.25) is 0 Å². The van der Waals surface area contributed by atoms with Gasteiger partial charge >= 0.3 is 0 Å². The molecule has 0 radical (unpaired) electrons. The Hall–Kier alpha value is -2.69. The number of rotatable bonds is 0. The minimum atomic E-state index is 0.907. The van der Waals surface area contributed by atoms with E-state index >= 15 is 0 Å². The molecule has 0 spiro atoms. The third kappa shape index (κ3) is 1.03. The molecule has 1 aliphatic heterocycles. The fourth-order valence-electron chi connectivity index (χ4n) is 2.95. The van der Waals surface area contributed by atoms with Crippen LogP contribution in [0.4, 0.5) is 0 Å². The molecule has 90 valence electrons. The summed E-state index contributed by atoms with van der Waals surface area (Å²) in [6.07, 6.45) is 9.87. The highest BCUT2D eigenvalue weighted by Crippen LogP contribution is 2.27. The molecule has 0 N–H and O–H groups in total. The number of imidazole rings is 2. The van der Waals surface area contributed by atoms with Gasteiger partial charge in [-0.25, -0.2) is 4.57 Å². The second kappa shape index (κ2) is 3.00. The van der Waals surface area contributed by atoms with E-state index < -0.39 is 0 Å². The first kappa shape index (κ1) is 9.27. The van der Waals surface area contributed by atoms with Crippen molar-refractivity contribution in [1.82, 2.24) is 19.0 Å². The van der Waals surface area contributed by atoms with E-state index in [1.165, 1.54) is 17.0 Å². The van der Waals surface area contributed by atoms with Crippen molar-refractivity contribution in [1.29, 1.82) is 0 Å². The number of fused-ring (bicyclic) bond motifs is 7. The molecule has 5 heteroatoms. The van der Waals surface area contributed by atoms with E-state index in [0.29, 0.717) is 0 Å². The highest BCUT2D eigenvalue weighted by molar-refractivity contribution is 5.65. The van der Waals surface area contributed by atoms with Crippen molar-refractivity contribution >= 4 is 11.2 Å². The fourth-order valence-corrected chi connectivity index (χ4v) is 2.95. The maximum absolute atomic E-state index is 4.41. The Labute approximate surface area is 108 Å². The Balaban J connectivity index is 1.97. The lowest BCUT2D eigenvalue weighted by Crippen LogP contribution is -2.29. The van der Waals surface area contributed by atoms with Gasteiger partial charge in [-0.05, 0) is 18.2 Å². The molecule has 0 aromatic carbocycles. The lowest BCUT2D eigenvalue weighted by molar-refractivity contribution is -0.670. The fraction of sp³-hybridized carbons (Fsp3) is 0.0714. The first-order chi connectivity index (χ1) is 9.42. The van der Waals surface area contributed by atoms with Gasteiger partial charge in [0.25, 0.3) is 11.5 Å². The minimum Gasteiger partial charge on any atom is -0.264 e. The molecule has 0 atom stereocenters. The molecule has 5 heterocycles. The Morgan fingerprint density at radius 2 is 2.21 bits per heavy atom. The van der Waals surface area contributed by atoms with Gasteiger partial charge in [0.15, 0.2) is 6.20 Å². The van der Waals surface area contributed by atoms with E-state index in [4.69, 9.17) is 0 Å². The number of hydrogen-bond acceptors (Lipinski definition) is 2. The number of pyridine rings is 1. The summed E-state index contributed by atoms with van der Waals surface area (Å²) in [5.41, 5.74) is 4.71. The molecule has 0 aliphatic carbocycles. The van der Waals surface area contributed by atoms with Crippen LogP contribution in [-0.2, 0) is 6.54 Å². The second-order valence-electron chi connectivity index (χ2n) is 4.83. The molecule has 1 aliphatic rings. The first-order valence-electron chi connectivity index (χ1n) is 6.22. The van der Waals surface area contributed by atoms with Crippen LogP contribution in [0.15, 0.2) is 49.2 Å². The zero-order chi connectivity index (χ0) is 12.4. The van der Waals surface area contributed by atoms with Crippen molar-refractivity contribution in [3.8, 4) is 11.4 Å². The molecule has 4 aromatic rings. The molecular formula is C14H10N5+. The van der Waals surface area contributed by atoms with Gasteiger partial charge < -0.3 is 0 Å². The van der Waals surface area contributed by atoms with Crippen LogP contribution in [0, 0.1) is 0 Å². The normalized spacial score (nSPS) is 13.1. The Bertz CT molecular complexity index is 947. The summed E-state index contributed by atoms with van der Waals surface area (Å²) < 4.78 is 6.40. The van der Waals surface area contributed by atoms with Crippen molar-refractivity contribution in [2.45, 2.75) is 6.54 Å². The Morgan fingerprint density at radius 1 is 1.21 bits per heavy atom. The summed E-state index contributed by atoms with van der Waals surface area (Å²) in [5.74, 6) is 1.18. The summed E-state index contributed by atoms with van der Waals surface area (Å²) >= 11 is 0. The standard InChI is InChI=1S/C14H10N5/c1-2-11-8-18-13(19(11)16-4-1)9-17-7-10-3-5-15-6-12(10)14(17)18/h1-6,8-9H,7H2/q+1. The van der Waals surface area contributed by atoms with E-state index in [2.05, 4.69) is 43.6 Å². The second-order valence-corrected chi connectivity index (χ2v) is 4.83. The van der Waals surface area contributed by atoms with Crippen molar-refractivity contribution < 1.29 is 4.57 Å². The molecule has 0 amide bonds. The summed E-state index contributed by atoms with van der Waals surface area (Å²) in [5, 5.41) is 4.41. The summed E-state index contributed by atoms with van der Waals surface area (Å²) in [7, 11) is 0. The highest BCUT2D eigenvalue weighted by atomic mass is 15.3. The highest BCUT2D eigenvalue weighted by Gasteiger charge is 2.31. The van der Waals surface area contributed by atoms with Crippen LogP contribution in [0.5, 0.6) is 0 Å². The van der Waals surface area contributed by atoms with Gasteiger partial charge in [-0.3, -0.25) is 4.98 Å². The van der Waals surface area contributed by atoms with Crippen molar-refractivity contribution in [2.75, 3.05) is 0 Å². The number of hydrogen-bond donors (Lipinski definition) is 0. The predicted molar refractivity (Wildman–Crippen MR) is 68.7 cm³/mol. The third-order valence-corrected chi connectivity index (χ3v) is 3.77. The molecule has 0 unspecified atom stereocenters. The van der Waals surface area contributed by atoms with Crippen LogP contribution < -0.4 is 4.57 Å². The van der Waals surface area contributed by atoms with Gasteiger partial charge in [-0.1, -0.05) is 0 Å². The van der Waals surface area contributed by atoms with Crippen LogP contribution in [0.25, 0.3) is 22.6 Å². The quantitative estimate of drug-likeness (QED) is 0.387. The van der Waals surface area contributed by atoms with Gasteiger partial charge in [0.05, 0.1) is 5.56 Å². The Morgan fingerprint density at radius 3 is 3.21 bits per heavy atom. The maximum Gasteiger partial charge on any atom is 0.297 e. The molecule has 0 saturated carbocycles. The van der Waals surface area contributed by atoms with Crippen LogP contribution in [0.1, 0.15) is 5.56 Å². The van der Waals surface area contributed by atoms with Crippen molar-refractivity contribution in [2.24, 2.45) is 0 Å². The van der Waals surface area contributed by atoms with E-state index in [1.54, 1.807) is 0 Å². The van der Waals surface area contributed by atoms with Gasteiger partial charge in [0.1, 0.15) is 18.3 Å². The number of nitrogens with zero attached hydrogens (tertiary/aromatic N) is 5. The largest absolute Gasteiger partial charge is 0.297 e. The number of aromatic nitrogens is 5. The molecule has 0 saturated heterocycles. The zero-order valence-electron chi connectivity index (χ0n) is 10.1.